The topological polar surface area (TPSA) is 103 Å². The molecule has 0 saturated heterocycles. The summed E-state index contributed by atoms with van der Waals surface area (Å²) in [6, 6.07) is 1.66. The number of halogens is 1. The maximum atomic E-state index is 12.7. The summed E-state index contributed by atoms with van der Waals surface area (Å²) in [6.45, 7) is 6.73. The van der Waals surface area contributed by atoms with Gasteiger partial charge in [0.05, 0.1) is 4.75 Å². The maximum absolute atomic E-state index is 12.7. The van der Waals surface area contributed by atoms with Crippen molar-refractivity contribution >= 4 is 44.4 Å². The predicted octanol–water partition coefficient (Wildman–Crippen LogP) is 2.90. The van der Waals surface area contributed by atoms with Crippen molar-refractivity contribution in [3.63, 3.8) is 0 Å². The van der Waals surface area contributed by atoms with Gasteiger partial charge >= 0.3 is 0 Å². The fourth-order valence-corrected chi connectivity index (χ4v) is 3.42. The molecule has 0 bridgehead atoms. The molecule has 3 rings (SSSR count). The first-order chi connectivity index (χ1) is 11.6. The van der Waals surface area contributed by atoms with Crippen molar-refractivity contribution in [2.45, 2.75) is 32.4 Å². The molecule has 0 spiro atoms. The van der Waals surface area contributed by atoms with Crippen molar-refractivity contribution in [3.05, 3.63) is 35.5 Å². The van der Waals surface area contributed by atoms with E-state index in [1.54, 1.807) is 39.2 Å². The Balaban J connectivity index is 2.09. The number of aryl methyl sites for hydroxylation is 1. The van der Waals surface area contributed by atoms with Crippen molar-refractivity contribution in [3.8, 4) is 0 Å². The molecule has 3 heterocycles. The molecule has 3 aromatic rings. The molecule has 0 amide bonds. The Kier molecular flexibility index (Phi) is 4.16. The van der Waals surface area contributed by atoms with E-state index >= 15 is 0 Å². The number of hydrogen-bond acceptors (Lipinski definition) is 7. The summed E-state index contributed by atoms with van der Waals surface area (Å²) in [5, 5.41) is 3.66. The van der Waals surface area contributed by atoms with E-state index in [1.807, 2.05) is 6.92 Å². The fraction of sp³-hybridized carbons (Fsp3) is 0.333. The van der Waals surface area contributed by atoms with Crippen molar-refractivity contribution in [1.29, 1.82) is 0 Å². The third-order valence-corrected chi connectivity index (χ3v) is 6.14. The maximum Gasteiger partial charge on any atom is 0.245 e. The van der Waals surface area contributed by atoms with Gasteiger partial charge in [-0.1, -0.05) is 0 Å². The molecule has 0 saturated carbocycles. The zero-order chi connectivity index (χ0) is 18.4. The van der Waals surface area contributed by atoms with Crippen molar-refractivity contribution < 1.29 is 8.42 Å². The van der Waals surface area contributed by atoms with E-state index in [0.29, 0.717) is 16.9 Å². The van der Waals surface area contributed by atoms with Crippen molar-refractivity contribution in [2.24, 2.45) is 0 Å². The highest BCUT2D eigenvalue weighted by molar-refractivity contribution is 7.91. The van der Waals surface area contributed by atoms with Gasteiger partial charge in [-0.25, -0.2) is 27.3 Å². The van der Waals surface area contributed by atoms with Gasteiger partial charge in [0.15, 0.2) is 5.65 Å². The second-order valence-electron chi connectivity index (χ2n) is 6.50. The smallest absolute Gasteiger partial charge is 0.245 e. The van der Waals surface area contributed by atoms with Crippen LogP contribution in [-0.2, 0) is 10.0 Å². The zero-order valence-corrected chi connectivity index (χ0v) is 15.7. The van der Waals surface area contributed by atoms with Gasteiger partial charge in [-0.2, -0.15) is 4.98 Å². The Bertz CT molecular complexity index is 1060. The highest BCUT2D eigenvalue weighted by Gasteiger charge is 2.32. The summed E-state index contributed by atoms with van der Waals surface area (Å²) in [7, 11) is -3.61. The molecule has 0 fully saturated rings. The Morgan fingerprint density at radius 2 is 1.88 bits per heavy atom. The third-order valence-electron chi connectivity index (χ3n) is 3.60. The van der Waals surface area contributed by atoms with Crippen molar-refractivity contribution in [2.75, 3.05) is 5.32 Å². The van der Waals surface area contributed by atoms with Crippen molar-refractivity contribution in [1.82, 2.24) is 23.9 Å². The lowest BCUT2D eigenvalue weighted by Crippen LogP contribution is -2.33. The zero-order valence-electron chi connectivity index (χ0n) is 14.1. The number of hydrogen-bond donors (Lipinski definition) is 1. The number of fused-ring (bicyclic) bond motifs is 1. The van der Waals surface area contributed by atoms with Gasteiger partial charge in [-0.05, 0) is 45.4 Å². The van der Waals surface area contributed by atoms with Crippen LogP contribution in [0.15, 0.2) is 24.7 Å². The van der Waals surface area contributed by atoms with Crippen LogP contribution in [0.3, 0.4) is 0 Å². The van der Waals surface area contributed by atoms with Gasteiger partial charge in [0.25, 0.3) is 0 Å². The van der Waals surface area contributed by atoms with Gasteiger partial charge in [-0.15, -0.1) is 0 Å². The van der Waals surface area contributed by atoms with Crippen LogP contribution >= 0.6 is 11.6 Å². The van der Waals surface area contributed by atoms with Crippen LogP contribution in [0.2, 0.25) is 5.28 Å². The summed E-state index contributed by atoms with van der Waals surface area (Å²) < 4.78 is 25.7. The van der Waals surface area contributed by atoms with E-state index in [-0.39, 0.29) is 11.2 Å². The number of nitrogens with one attached hydrogen (secondary N) is 1. The average molecular weight is 381 g/mol. The van der Waals surface area contributed by atoms with E-state index in [0.717, 1.165) is 5.56 Å². The Morgan fingerprint density at radius 3 is 2.56 bits per heavy atom. The number of nitrogens with zero attached hydrogens (tertiary/aromatic N) is 5. The summed E-state index contributed by atoms with van der Waals surface area (Å²) in [4.78, 5) is 16.5. The molecular formula is C15H17ClN6O2S. The molecule has 25 heavy (non-hydrogen) atoms. The molecule has 8 nitrogen and oxygen atoms in total. The van der Waals surface area contributed by atoms with E-state index in [1.165, 1.54) is 10.2 Å². The number of aromatic nitrogens is 5. The molecule has 0 radical (unpaired) electrons. The minimum Gasteiger partial charge on any atom is -0.308 e. The minimum atomic E-state index is -3.61. The van der Waals surface area contributed by atoms with Crippen LogP contribution in [0.5, 0.6) is 0 Å². The summed E-state index contributed by atoms with van der Waals surface area (Å²) in [6.07, 6.45) is 4.61. The molecule has 10 heteroatoms. The molecule has 132 valence electrons. The molecule has 1 N–H and O–H groups in total. The van der Waals surface area contributed by atoms with Crippen LogP contribution in [0, 0.1) is 6.92 Å². The minimum absolute atomic E-state index is 0.0906. The summed E-state index contributed by atoms with van der Waals surface area (Å²) in [5.74, 6) is 0.672. The average Bonchev–Trinajstić information content (AvgIpc) is 2.93. The van der Waals surface area contributed by atoms with Gasteiger partial charge in [0.2, 0.25) is 21.3 Å². The van der Waals surface area contributed by atoms with Gasteiger partial charge < -0.3 is 5.32 Å². The van der Waals surface area contributed by atoms with Gasteiger partial charge in [0, 0.05) is 29.5 Å². The monoisotopic (exact) mass is 380 g/mol. The molecule has 0 aliphatic carbocycles. The Labute approximate surface area is 150 Å². The van der Waals surface area contributed by atoms with Crippen LogP contribution in [-0.4, -0.2) is 37.1 Å². The molecule has 0 aromatic carbocycles. The molecular weight excluding hydrogens is 364 g/mol. The third kappa shape index (κ3) is 3.16. The number of rotatable bonds is 3. The first kappa shape index (κ1) is 17.6. The first-order valence-electron chi connectivity index (χ1n) is 7.45. The van der Waals surface area contributed by atoms with E-state index < -0.39 is 14.8 Å². The van der Waals surface area contributed by atoms with Gasteiger partial charge in [-0.3, -0.25) is 0 Å². The van der Waals surface area contributed by atoms with E-state index in [2.05, 4.69) is 25.3 Å². The van der Waals surface area contributed by atoms with Crippen LogP contribution in [0.1, 0.15) is 26.3 Å². The fourth-order valence-electron chi connectivity index (χ4n) is 2.10. The van der Waals surface area contributed by atoms with Crippen LogP contribution in [0.4, 0.5) is 11.8 Å². The lowest BCUT2D eigenvalue weighted by Gasteiger charge is -2.20. The molecule has 0 aliphatic heterocycles. The lowest BCUT2D eigenvalue weighted by atomic mass is 10.3. The second kappa shape index (κ2) is 5.92. The summed E-state index contributed by atoms with van der Waals surface area (Å²) >= 11 is 5.81. The highest BCUT2D eigenvalue weighted by atomic mass is 35.5. The molecule has 0 aliphatic rings. The largest absolute Gasteiger partial charge is 0.308 e. The SMILES string of the molecule is Cc1cnc(Cl)nc1Nc1ncc2ccn(S(=O)(=O)C(C)(C)C)c2n1. The standard InChI is InChI=1S/C15H17ClN6O2S/c1-9-7-17-13(16)19-11(9)20-14-18-8-10-5-6-22(12(10)21-14)25(23,24)15(2,3)4/h5-8H,1-4H3,(H,17,18,19,20,21). The first-order valence-corrected chi connectivity index (χ1v) is 9.27. The lowest BCUT2D eigenvalue weighted by molar-refractivity contribution is 0.552. The van der Waals surface area contributed by atoms with E-state index in [9.17, 15) is 8.42 Å². The second-order valence-corrected chi connectivity index (χ2v) is 9.40. The van der Waals surface area contributed by atoms with E-state index in [4.69, 9.17) is 11.6 Å². The Morgan fingerprint density at radius 1 is 1.16 bits per heavy atom. The predicted molar refractivity (Wildman–Crippen MR) is 96.7 cm³/mol. The molecule has 0 unspecified atom stereocenters. The normalized spacial score (nSPS) is 12.5. The molecule has 0 atom stereocenters. The Hall–Kier alpha value is -2.26. The quantitative estimate of drug-likeness (QED) is 0.696. The summed E-state index contributed by atoms with van der Waals surface area (Å²) in [5.41, 5.74) is 1.05. The number of anilines is 2. The highest BCUT2D eigenvalue weighted by Crippen LogP contribution is 2.25. The van der Waals surface area contributed by atoms with Crippen LogP contribution in [0.25, 0.3) is 11.0 Å². The molecule has 3 aromatic heterocycles. The van der Waals surface area contributed by atoms with Gasteiger partial charge in [0.1, 0.15) is 5.82 Å². The van der Waals surface area contributed by atoms with Crippen LogP contribution < -0.4 is 5.32 Å².